The van der Waals surface area contributed by atoms with Gasteiger partial charge in [-0.15, -0.1) is 0 Å². The van der Waals surface area contributed by atoms with Crippen molar-refractivity contribution < 1.29 is 42.9 Å². The van der Waals surface area contributed by atoms with Crippen LogP contribution in [0.3, 0.4) is 0 Å². The summed E-state index contributed by atoms with van der Waals surface area (Å²) in [5, 5.41) is 2.58. The van der Waals surface area contributed by atoms with Crippen LogP contribution in [0.2, 0.25) is 0 Å². The highest BCUT2D eigenvalue weighted by atomic mass is 16.7. The third-order valence-corrected chi connectivity index (χ3v) is 10.6. The molecule has 59 heavy (non-hydrogen) atoms. The van der Waals surface area contributed by atoms with E-state index in [0.29, 0.717) is 39.1 Å². The van der Waals surface area contributed by atoms with Gasteiger partial charge < -0.3 is 33.9 Å². The lowest BCUT2D eigenvalue weighted by Gasteiger charge is -2.37. The van der Waals surface area contributed by atoms with Gasteiger partial charge in [0.15, 0.2) is 6.29 Å². The van der Waals surface area contributed by atoms with Gasteiger partial charge in [-0.1, -0.05) is 141 Å². The molecule has 0 aromatic rings. The smallest absolute Gasteiger partial charge is 0.407 e. The lowest BCUT2D eigenvalue weighted by Crippen LogP contribution is -2.63. The average molecular weight is 835 g/mol. The molecule has 1 aliphatic heterocycles. The Labute approximate surface area is 359 Å². The zero-order valence-corrected chi connectivity index (χ0v) is 38.0. The molecule has 1 fully saturated rings. The molecule has 0 saturated carbocycles. The van der Waals surface area contributed by atoms with E-state index in [1.165, 1.54) is 77.0 Å². The molecule has 2 unspecified atom stereocenters. The lowest BCUT2D eigenvalue weighted by molar-refractivity contribution is -0.161. The van der Waals surface area contributed by atoms with Crippen LogP contribution in [0.25, 0.3) is 0 Å². The fourth-order valence-corrected chi connectivity index (χ4v) is 6.70. The summed E-state index contributed by atoms with van der Waals surface area (Å²) in [4.78, 5) is 51.8. The molecular weight excluding hydrogens is 749 g/mol. The van der Waals surface area contributed by atoms with Crippen molar-refractivity contribution in [2.45, 2.75) is 207 Å². The first-order valence-electron chi connectivity index (χ1n) is 23.9. The van der Waals surface area contributed by atoms with E-state index in [4.69, 9.17) is 23.7 Å². The monoisotopic (exact) mass is 835 g/mol. The van der Waals surface area contributed by atoms with E-state index < -0.39 is 30.3 Å². The molecule has 0 bridgehead atoms. The number of alkyl carbamates (subject to hydrolysis) is 1. The second kappa shape index (κ2) is 39.2. The number of hydrogen-bond donors (Lipinski definition) is 1. The van der Waals surface area contributed by atoms with Crippen LogP contribution >= 0.6 is 0 Å². The van der Waals surface area contributed by atoms with E-state index in [0.717, 1.165) is 70.6 Å². The molecule has 1 saturated heterocycles. The number of likely N-dealkylation sites (N-methyl/N-ethyl adjacent to an activating group) is 1. The SMILES string of the molecule is CCCCC/C=C\C/C=C\CCCCCCCC(=O)OCC(COC(=O)CCC(OCCCCCCCC)OCCCCCCCC)COC(=O)NC1CN(CC)C1=O. The molecule has 0 aromatic carbocycles. The third-order valence-electron chi connectivity index (χ3n) is 10.6. The first-order valence-corrected chi connectivity index (χ1v) is 23.9. The van der Waals surface area contributed by atoms with Crippen LogP contribution in [-0.2, 0) is 38.1 Å². The highest BCUT2D eigenvalue weighted by Crippen LogP contribution is 2.14. The molecule has 11 nitrogen and oxygen atoms in total. The number of allylic oxidation sites excluding steroid dienone is 4. The van der Waals surface area contributed by atoms with Crippen molar-refractivity contribution in [2.24, 2.45) is 5.92 Å². The summed E-state index contributed by atoms with van der Waals surface area (Å²) in [7, 11) is 0. The predicted octanol–water partition coefficient (Wildman–Crippen LogP) is 11.3. The van der Waals surface area contributed by atoms with Gasteiger partial charge in [-0.3, -0.25) is 14.4 Å². The number of carbonyl (C=O) groups is 4. The van der Waals surface area contributed by atoms with Gasteiger partial charge in [0.2, 0.25) is 5.91 Å². The standard InChI is InChI=1S/C48H86N2O9/c1-5-9-12-15-18-19-20-21-22-23-24-25-26-27-30-33-44(51)57-39-42(41-59-48(54)49-43-38-50(8-4)47(43)53)40-58-45(52)34-35-46(55-36-31-28-16-13-10-6-2)56-37-32-29-17-14-11-7-3/h18-19,21-22,42-43,46H,5-17,20,23-41H2,1-4H3,(H,49,54)/b19-18-,22-21-. The van der Waals surface area contributed by atoms with Crippen molar-refractivity contribution in [2.75, 3.05) is 46.1 Å². The summed E-state index contributed by atoms with van der Waals surface area (Å²) >= 11 is 0. The van der Waals surface area contributed by atoms with E-state index in [1.54, 1.807) is 4.90 Å². The fraction of sp³-hybridized carbons (Fsp3) is 0.833. The van der Waals surface area contributed by atoms with Crippen molar-refractivity contribution in [3.05, 3.63) is 24.3 Å². The number of unbranched alkanes of at least 4 members (excludes halogenated alkanes) is 18. The van der Waals surface area contributed by atoms with E-state index in [-0.39, 0.29) is 38.1 Å². The highest BCUT2D eigenvalue weighted by molar-refractivity contribution is 5.90. The zero-order valence-electron chi connectivity index (χ0n) is 38.0. The number of hydrogen-bond acceptors (Lipinski definition) is 9. The first kappa shape index (κ1) is 54.1. The van der Waals surface area contributed by atoms with Crippen molar-refractivity contribution in [3.63, 3.8) is 0 Å². The number of β-lactam (4-membered cyclic amide) rings is 1. The minimum absolute atomic E-state index is 0.0585. The van der Waals surface area contributed by atoms with Crippen LogP contribution in [-0.4, -0.2) is 87.3 Å². The average Bonchev–Trinajstić information content (AvgIpc) is 3.23. The summed E-state index contributed by atoms with van der Waals surface area (Å²) in [5.41, 5.74) is 0. The van der Waals surface area contributed by atoms with Crippen molar-refractivity contribution in [1.29, 1.82) is 0 Å². The molecular formula is C48H86N2O9. The van der Waals surface area contributed by atoms with E-state index in [1.807, 2.05) is 6.92 Å². The molecule has 1 aliphatic rings. The number of nitrogens with zero attached hydrogens (tertiary/aromatic N) is 1. The summed E-state index contributed by atoms with van der Waals surface area (Å²) < 4.78 is 28.7. The van der Waals surface area contributed by atoms with Crippen molar-refractivity contribution >= 4 is 23.9 Å². The van der Waals surface area contributed by atoms with Gasteiger partial charge in [-0.25, -0.2) is 4.79 Å². The Balaban J connectivity index is 2.52. The minimum Gasteiger partial charge on any atom is -0.465 e. The van der Waals surface area contributed by atoms with Crippen LogP contribution in [0.5, 0.6) is 0 Å². The number of amides is 2. The van der Waals surface area contributed by atoms with Crippen LogP contribution < -0.4 is 5.32 Å². The van der Waals surface area contributed by atoms with Gasteiger partial charge in [-0.05, 0) is 58.3 Å². The molecule has 0 aromatic heterocycles. The molecule has 1 N–H and O–H groups in total. The lowest BCUT2D eigenvalue weighted by atomic mass is 10.1. The summed E-state index contributed by atoms with van der Waals surface area (Å²) in [6, 6.07) is -0.611. The van der Waals surface area contributed by atoms with Gasteiger partial charge in [-0.2, -0.15) is 0 Å². The van der Waals surface area contributed by atoms with Gasteiger partial charge in [0.1, 0.15) is 25.9 Å². The Hall–Kier alpha value is -2.92. The van der Waals surface area contributed by atoms with Gasteiger partial charge >= 0.3 is 18.0 Å². The van der Waals surface area contributed by atoms with Crippen LogP contribution in [0.1, 0.15) is 195 Å². The predicted molar refractivity (Wildman–Crippen MR) is 237 cm³/mol. The molecule has 0 aliphatic carbocycles. The number of ether oxygens (including phenoxy) is 5. The Bertz CT molecular complexity index is 1100. The van der Waals surface area contributed by atoms with Crippen molar-refractivity contribution in [3.8, 4) is 0 Å². The second-order valence-corrected chi connectivity index (χ2v) is 16.1. The normalized spacial score (nSPS) is 14.6. The molecule has 2 atom stereocenters. The molecule has 342 valence electrons. The first-order chi connectivity index (χ1) is 28.8. The third kappa shape index (κ3) is 31.6. The molecule has 1 heterocycles. The highest BCUT2D eigenvalue weighted by Gasteiger charge is 2.37. The van der Waals surface area contributed by atoms with Gasteiger partial charge in [0.05, 0.1) is 18.9 Å². The number of carbonyl (C=O) groups excluding carboxylic acids is 4. The molecule has 0 radical (unpaired) electrons. The van der Waals surface area contributed by atoms with E-state index >= 15 is 0 Å². The maximum absolute atomic E-state index is 12.9. The number of rotatable bonds is 41. The van der Waals surface area contributed by atoms with Crippen molar-refractivity contribution in [1.82, 2.24) is 10.2 Å². The number of likely N-dealkylation sites (tertiary alicyclic amines) is 1. The van der Waals surface area contributed by atoms with Gasteiger partial charge in [0, 0.05) is 32.6 Å². The number of nitrogens with one attached hydrogen (secondary N) is 1. The fourth-order valence-electron chi connectivity index (χ4n) is 6.70. The minimum atomic E-state index is -0.736. The maximum atomic E-state index is 12.9. The molecule has 11 heteroatoms. The summed E-state index contributed by atoms with van der Waals surface area (Å²) in [6.07, 6.45) is 34.7. The van der Waals surface area contributed by atoms with Gasteiger partial charge in [0.25, 0.3) is 0 Å². The summed E-state index contributed by atoms with van der Waals surface area (Å²) in [6.45, 7) is 10.4. The second-order valence-electron chi connectivity index (χ2n) is 16.1. The summed E-state index contributed by atoms with van der Waals surface area (Å²) in [5.74, 6) is -1.47. The topological polar surface area (TPSA) is 130 Å². The van der Waals surface area contributed by atoms with Crippen LogP contribution in [0.4, 0.5) is 4.79 Å². The van der Waals surface area contributed by atoms with Crippen LogP contribution in [0, 0.1) is 5.92 Å². The number of esters is 2. The largest absolute Gasteiger partial charge is 0.465 e. The molecule has 2 amide bonds. The Kier molecular flexibility index (Phi) is 36.0. The Morgan fingerprint density at radius 2 is 1.08 bits per heavy atom. The van der Waals surface area contributed by atoms with E-state index in [2.05, 4.69) is 50.4 Å². The Morgan fingerprint density at radius 3 is 1.64 bits per heavy atom. The Morgan fingerprint density at radius 1 is 0.610 bits per heavy atom. The van der Waals surface area contributed by atoms with Crippen LogP contribution in [0.15, 0.2) is 24.3 Å². The quantitative estimate of drug-likeness (QED) is 0.0160. The van der Waals surface area contributed by atoms with E-state index in [9.17, 15) is 19.2 Å². The maximum Gasteiger partial charge on any atom is 0.407 e. The molecule has 0 spiro atoms. The zero-order chi connectivity index (χ0) is 43.0. The molecule has 1 rings (SSSR count).